The highest BCUT2D eigenvalue weighted by molar-refractivity contribution is 6.02. The van der Waals surface area contributed by atoms with Crippen molar-refractivity contribution in [2.75, 3.05) is 58.2 Å². The maximum absolute atomic E-state index is 14.4. The molecule has 4 rings (SSSR count). The summed E-state index contributed by atoms with van der Waals surface area (Å²) >= 11 is 0. The molecular formula is C38H52N4O7. The van der Waals surface area contributed by atoms with E-state index in [-0.39, 0.29) is 30.6 Å². The van der Waals surface area contributed by atoms with E-state index in [1.54, 1.807) is 61.6 Å². The number of hydrogen-bond donors (Lipinski definition) is 3. The first kappa shape index (κ1) is 37.5. The minimum Gasteiger partial charge on any atom is -0.497 e. The van der Waals surface area contributed by atoms with Crippen LogP contribution >= 0.6 is 0 Å². The molecule has 1 heterocycles. The Bertz CT molecular complexity index is 1480. The van der Waals surface area contributed by atoms with Gasteiger partial charge in [0.05, 0.1) is 44.6 Å². The fraction of sp³-hybridized carbons (Fsp3) is 0.474. The molecule has 3 aromatic carbocycles. The largest absolute Gasteiger partial charge is 0.497 e. The third kappa shape index (κ3) is 11.1. The number of nitrogens with one attached hydrogen (secondary N) is 2. The topological polar surface area (TPSA) is 122 Å². The van der Waals surface area contributed by atoms with Crippen molar-refractivity contribution in [1.82, 2.24) is 9.80 Å². The number of rotatable bonds is 10. The summed E-state index contributed by atoms with van der Waals surface area (Å²) in [4.78, 5) is 31.2. The molecule has 0 aromatic heterocycles. The Morgan fingerprint density at radius 1 is 0.980 bits per heavy atom. The van der Waals surface area contributed by atoms with E-state index in [2.05, 4.69) is 41.6 Å². The van der Waals surface area contributed by atoms with Crippen LogP contribution in [0.5, 0.6) is 17.2 Å². The maximum atomic E-state index is 14.4. The number of carbonyl (C=O) groups is 2. The Hall–Kier alpha value is -4.32. The van der Waals surface area contributed by atoms with Crippen LogP contribution in [0.3, 0.4) is 0 Å². The molecule has 0 bridgehead atoms. The smallest absolute Gasteiger partial charge is 0.323 e. The fourth-order valence-electron chi connectivity index (χ4n) is 5.85. The fourth-order valence-corrected chi connectivity index (χ4v) is 5.85. The molecule has 49 heavy (non-hydrogen) atoms. The van der Waals surface area contributed by atoms with Crippen molar-refractivity contribution in [2.24, 2.45) is 5.92 Å². The van der Waals surface area contributed by atoms with Crippen LogP contribution in [0.25, 0.3) is 0 Å². The molecule has 0 unspecified atom stereocenters. The quantitative estimate of drug-likeness (QED) is 0.230. The van der Waals surface area contributed by atoms with E-state index in [4.69, 9.17) is 18.9 Å². The van der Waals surface area contributed by atoms with E-state index >= 15 is 0 Å². The summed E-state index contributed by atoms with van der Waals surface area (Å²) in [6.07, 6.45) is 2.27. The summed E-state index contributed by atoms with van der Waals surface area (Å²) in [5, 5.41) is 15.9. The van der Waals surface area contributed by atoms with Crippen molar-refractivity contribution in [2.45, 2.75) is 64.8 Å². The summed E-state index contributed by atoms with van der Waals surface area (Å²) < 4.78 is 23.3. The van der Waals surface area contributed by atoms with Crippen LogP contribution in [0.1, 0.15) is 56.0 Å². The predicted octanol–water partition coefficient (Wildman–Crippen LogP) is 6.28. The molecule has 1 aliphatic heterocycles. The van der Waals surface area contributed by atoms with Gasteiger partial charge >= 0.3 is 6.03 Å². The number of nitrogens with zero attached hydrogens (tertiary/aromatic N) is 2. The maximum Gasteiger partial charge on any atom is 0.323 e. The standard InChI is InChI=1S/C38H52N4O7/c1-26-22-42(27(2)25-43)37(44)34-21-31(40-38(45)39-30-12-17-33(47-6)18-13-30)14-19-35(34)49-28(3)9-7-8-20-48-36(26)24-41(4)23-29-10-15-32(46-5)16-11-29/h10-19,21,26-28,36,43H,7-9,20,22-25H2,1-6H3,(H2,39,40,45)/t26-,27-,28-,36-/m1/s1. The molecular weight excluding hydrogens is 624 g/mol. The normalized spacial score (nSPS) is 19.6. The number of amides is 3. The Balaban J connectivity index is 1.56. The van der Waals surface area contributed by atoms with Crippen LogP contribution in [0.4, 0.5) is 16.2 Å². The first-order chi connectivity index (χ1) is 23.6. The second-order valence-corrected chi connectivity index (χ2v) is 12.9. The lowest BCUT2D eigenvalue weighted by Crippen LogP contribution is -2.47. The van der Waals surface area contributed by atoms with Crippen molar-refractivity contribution in [1.29, 1.82) is 0 Å². The first-order valence-electron chi connectivity index (χ1n) is 17.0. The van der Waals surface area contributed by atoms with Crippen LogP contribution in [-0.4, -0.2) is 92.7 Å². The number of fused-ring (bicyclic) bond motifs is 1. The van der Waals surface area contributed by atoms with Gasteiger partial charge in [0.15, 0.2) is 0 Å². The highest BCUT2D eigenvalue weighted by Gasteiger charge is 2.30. The van der Waals surface area contributed by atoms with Gasteiger partial charge in [-0.1, -0.05) is 19.1 Å². The average Bonchev–Trinajstić information content (AvgIpc) is 3.10. The molecule has 3 aromatic rings. The van der Waals surface area contributed by atoms with Crippen molar-refractivity contribution < 1.29 is 33.6 Å². The van der Waals surface area contributed by atoms with E-state index in [0.717, 1.165) is 37.1 Å². The molecule has 4 atom stereocenters. The third-order valence-corrected chi connectivity index (χ3v) is 8.76. The highest BCUT2D eigenvalue weighted by atomic mass is 16.5. The monoisotopic (exact) mass is 676 g/mol. The molecule has 0 spiro atoms. The van der Waals surface area contributed by atoms with E-state index in [9.17, 15) is 14.7 Å². The Morgan fingerprint density at radius 2 is 1.61 bits per heavy atom. The SMILES string of the molecule is COc1ccc(CN(C)C[C@H]2OCCCC[C@@H](C)Oc3ccc(NC(=O)Nc4ccc(OC)cc4)cc3C(=O)N([C@H](C)CO)C[C@H]2C)cc1. The third-order valence-electron chi connectivity index (χ3n) is 8.76. The molecule has 11 nitrogen and oxygen atoms in total. The predicted molar refractivity (Wildman–Crippen MR) is 192 cm³/mol. The second kappa shape index (κ2) is 18.4. The number of methoxy groups -OCH3 is 2. The molecule has 0 fully saturated rings. The van der Waals surface area contributed by atoms with Gasteiger partial charge < -0.3 is 39.6 Å². The van der Waals surface area contributed by atoms with E-state index < -0.39 is 12.1 Å². The average molecular weight is 677 g/mol. The number of urea groups is 1. The number of ether oxygens (including phenoxy) is 4. The van der Waals surface area contributed by atoms with E-state index in [1.807, 2.05) is 26.0 Å². The molecule has 1 aliphatic rings. The zero-order chi connectivity index (χ0) is 35.3. The van der Waals surface area contributed by atoms with Crippen LogP contribution in [0, 0.1) is 5.92 Å². The van der Waals surface area contributed by atoms with Crippen LogP contribution in [0.2, 0.25) is 0 Å². The summed E-state index contributed by atoms with van der Waals surface area (Å²) in [7, 11) is 5.31. The second-order valence-electron chi connectivity index (χ2n) is 12.9. The number of aliphatic hydroxyl groups excluding tert-OH is 1. The van der Waals surface area contributed by atoms with E-state index in [0.29, 0.717) is 48.1 Å². The summed E-state index contributed by atoms with van der Waals surface area (Å²) in [5.74, 6) is 1.58. The molecule has 0 radical (unpaired) electrons. The number of benzene rings is 3. The summed E-state index contributed by atoms with van der Waals surface area (Å²) in [5.41, 5.74) is 2.50. The molecule has 3 N–H and O–H groups in total. The van der Waals surface area contributed by atoms with Crippen molar-refractivity contribution in [3.63, 3.8) is 0 Å². The minimum absolute atomic E-state index is 0.0564. The van der Waals surface area contributed by atoms with Gasteiger partial charge in [-0.2, -0.15) is 0 Å². The zero-order valence-corrected chi connectivity index (χ0v) is 29.6. The van der Waals surface area contributed by atoms with Crippen molar-refractivity contribution in [3.8, 4) is 17.2 Å². The van der Waals surface area contributed by atoms with Gasteiger partial charge in [0.25, 0.3) is 5.91 Å². The lowest BCUT2D eigenvalue weighted by Gasteiger charge is -2.36. The lowest BCUT2D eigenvalue weighted by atomic mass is 10.0. The summed E-state index contributed by atoms with van der Waals surface area (Å²) in [6, 6.07) is 19.2. The van der Waals surface area contributed by atoms with Gasteiger partial charge in [-0.25, -0.2) is 4.79 Å². The van der Waals surface area contributed by atoms with Gasteiger partial charge in [-0.15, -0.1) is 0 Å². The van der Waals surface area contributed by atoms with Gasteiger partial charge in [0.1, 0.15) is 17.2 Å². The van der Waals surface area contributed by atoms with Crippen LogP contribution < -0.4 is 24.8 Å². The number of carbonyl (C=O) groups excluding carboxylic acids is 2. The summed E-state index contributed by atoms with van der Waals surface area (Å²) in [6.45, 7) is 8.04. The van der Waals surface area contributed by atoms with Crippen LogP contribution in [-0.2, 0) is 11.3 Å². The molecule has 0 saturated carbocycles. The molecule has 0 saturated heterocycles. The minimum atomic E-state index is -0.471. The first-order valence-corrected chi connectivity index (χ1v) is 17.0. The lowest BCUT2D eigenvalue weighted by molar-refractivity contribution is -0.0177. The number of aliphatic hydroxyl groups is 1. The van der Waals surface area contributed by atoms with E-state index in [1.165, 1.54) is 0 Å². The molecule has 266 valence electrons. The van der Waals surface area contributed by atoms with Gasteiger partial charge in [-0.05, 0) is 100 Å². The molecule has 11 heteroatoms. The van der Waals surface area contributed by atoms with Gasteiger partial charge in [-0.3, -0.25) is 9.69 Å². The van der Waals surface area contributed by atoms with Gasteiger partial charge in [0, 0.05) is 43.5 Å². The van der Waals surface area contributed by atoms with Crippen LogP contribution in [0.15, 0.2) is 66.7 Å². The Labute approximate surface area is 290 Å². The highest BCUT2D eigenvalue weighted by Crippen LogP contribution is 2.29. The molecule has 0 aliphatic carbocycles. The number of anilines is 2. The number of likely N-dealkylation sites (N-methyl/N-ethyl adjacent to an activating group) is 1. The zero-order valence-electron chi connectivity index (χ0n) is 29.6. The molecule has 3 amide bonds. The van der Waals surface area contributed by atoms with Crippen molar-refractivity contribution >= 4 is 23.3 Å². The Kier molecular flexibility index (Phi) is 14.1. The van der Waals surface area contributed by atoms with Gasteiger partial charge in [0.2, 0.25) is 0 Å². The van der Waals surface area contributed by atoms with Crippen molar-refractivity contribution in [3.05, 3.63) is 77.9 Å². The number of hydrogen-bond acceptors (Lipinski definition) is 8. The Morgan fingerprint density at radius 3 is 2.27 bits per heavy atom.